The lowest BCUT2D eigenvalue weighted by molar-refractivity contribution is -0.156. The van der Waals surface area contributed by atoms with E-state index in [2.05, 4.69) is 21.2 Å². The molecule has 0 aromatic heterocycles. The quantitative estimate of drug-likeness (QED) is 0.777. The number of carbonyl (C=O) groups is 1. The molecule has 0 saturated carbocycles. The van der Waals surface area contributed by atoms with Gasteiger partial charge in [0.25, 0.3) is 0 Å². The van der Waals surface area contributed by atoms with Gasteiger partial charge in [-0.25, -0.2) is 4.79 Å². The van der Waals surface area contributed by atoms with Crippen LogP contribution in [-0.2, 0) is 4.79 Å². The summed E-state index contributed by atoms with van der Waals surface area (Å²) in [6, 6.07) is 7.70. The molecule has 0 radical (unpaired) electrons. The first-order valence-corrected chi connectivity index (χ1v) is 6.07. The number of aliphatic carboxylic acids is 1. The van der Waals surface area contributed by atoms with E-state index in [1.165, 1.54) is 6.92 Å². The number of rotatable bonds is 5. The van der Waals surface area contributed by atoms with E-state index in [0.29, 0.717) is 0 Å². The van der Waals surface area contributed by atoms with E-state index in [-0.39, 0.29) is 12.6 Å². The van der Waals surface area contributed by atoms with Gasteiger partial charge in [-0.05, 0) is 31.5 Å². The Morgan fingerprint density at radius 2 is 2.00 bits per heavy atom. The molecule has 0 fully saturated rings. The average Bonchev–Trinajstić information content (AvgIpc) is 2.27. The lowest BCUT2D eigenvalue weighted by Crippen LogP contribution is -2.45. The fourth-order valence-corrected chi connectivity index (χ4v) is 1.56. The average molecular weight is 302 g/mol. The minimum Gasteiger partial charge on any atom is -0.479 e. The van der Waals surface area contributed by atoms with Crippen molar-refractivity contribution in [1.29, 1.82) is 0 Å². The van der Waals surface area contributed by atoms with Crippen molar-refractivity contribution >= 4 is 21.9 Å². The Morgan fingerprint density at radius 3 is 2.47 bits per heavy atom. The lowest BCUT2D eigenvalue weighted by atomic mass is 10.1. The molecule has 2 unspecified atom stereocenters. The molecule has 94 valence electrons. The summed E-state index contributed by atoms with van der Waals surface area (Å²) in [6.45, 7) is 3.19. The predicted molar refractivity (Wildman–Crippen MR) is 68.8 cm³/mol. The third-order valence-electron chi connectivity index (χ3n) is 2.58. The molecule has 2 atom stereocenters. The maximum atomic E-state index is 10.7. The van der Waals surface area contributed by atoms with Crippen LogP contribution in [0.3, 0.4) is 0 Å². The molecule has 0 heterocycles. The van der Waals surface area contributed by atoms with Gasteiger partial charge in [-0.2, -0.15) is 0 Å². The molecule has 0 spiro atoms. The number of hydrogen-bond donors (Lipinski definition) is 3. The highest BCUT2D eigenvalue weighted by molar-refractivity contribution is 9.10. The van der Waals surface area contributed by atoms with E-state index in [4.69, 9.17) is 5.11 Å². The molecule has 0 amide bonds. The topological polar surface area (TPSA) is 69.6 Å². The van der Waals surface area contributed by atoms with Gasteiger partial charge in [-0.15, -0.1) is 0 Å². The first kappa shape index (κ1) is 14.2. The first-order valence-electron chi connectivity index (χ1n) is 5.27. The Labute approximate surface area is 109 Å². The van der Waals surface area contributed by atoms with Gasteiger partial charge in [0.15, 0.2) is 5.60 Å². The van der Waals surface area contributed by atoms with Crippen LogP contribution in [0.4, 0.5) is 0 Å². The Morgan fingerprint density at radius 1 is 1.47 bits per heavy atom. The molecule has 17 heavy (non-hydrogen) atoms. The number of nitrogens with one attached hydrogen (secondary N) is 1. The highest BCUT2D eigenvalue weighted by Gasteiger charge is 2.29. The molecule has 0 aliphatic rings. The highest BCUT2D eigenvalue weighted by atomic mass is 79.9. The summed E-state index contributed by atoms with van der Waals surface area (Å²) in [5.41, 5.74) is -0.710. The van der Waals surface area contributed by atoms with Crippen molar-refractivity contribution in [2.45, 2.75) is 25.5 Å². The third kappa shape index (κ3) is 4.11. The van der Waals surface area contributed by atoms with Crippen LogP contribution in [0.25, 0.3) is 0 Å². The van der Waals surface area contributed by atoms with Gasteiger partial charge in [0, 0.05) is 17.1 Å². The van der Waals surface area contributed by atoms with Crippen LogP contribution in [0.2, 0.25) is 0 Å². The van der Waals surface area contributed by atoms with Gasteiger partial charge >= 0.3 is 5.97 Å². The fraction of sp³-hybridized carbons (Fsp3) is 0.417. The van der Waals surface area contributed by atoms with Crippen molar-refractivity contribution in [3.63, 3.8) is 0 Å². The molecule has 5 heteroatoms. The Kier molecular flexibility index (Phi) is 4.68. The highest BCUT2D eigenvalue weighted by Crippen LogP contribution is 2.17. The molecule has 0 saturated heterocycles. The summed E-state index contributed by atoms with van der Waals surface area (Å²) < 4.78 is 0.992. The molecule has 0 bridgehead atoms. The lowest BCUT2D eigenvalue weighted by Gasteiger charge is -2.22. The van der Waals surface area contributed by atoms with Crippen LogP contribution in [-0.4, -0.2) is 28.3 Å². The zero-order valence-corrected chi connectivity index (χ0v) is 11.4. The van der Waals surface area contributed by atoms with Crippen molar-refractivity contribution in [3.8, 4) is 0 Å². The van der Waals surface area contributed by atoms with E-state index < -0.39 is 11.6 Å². The Bertz CT molecular complexity index is 389. The van der Waals surface area contributed by atoms with Gasteiger partial charge in [-0.1, -0.05) is 28.1 Å². The van der Waals surface area contributed by atoms with Crippen LogP contribution in [0.1, 0.15) is 25.5 Å². The van der Waals surface area contributed by atoms with Crippen molar-refractivity contribution in [3.05, 3.63) is 34.3 Å². The van der Waals surface area contributed by atoms with Crippen molar-refractivity contribution < 1.29 is 15.0 Å². The number of benzene rings is 1. The minimum atomic E-state index is -1.75. The molecule has 3 N–H and O–H groups in total. The predicted octanol–water partition coefficient (Wildman–Crippen LogP) is 1.94. The standard InChI is InChI=1S/C12H16BrNO3/c1-8(9-3-5-10(13)6-4-9)14-7-12(2,17)11(15)16/h3-6,8,14,17H,7H2,1-2H3,(H,15,16). The summed E-state index contributed by atoms with van der Waals surface area (Å²) in [7, 11) is 0. The Hall–Kier alpha value is -0.910. The molecule has 0 aliphatic carbocycles. The Balaban J connectivity index is 2.58. The maximum Gasteiger partial charge on any atom is 0.336 e. The summed E-state index contributed by atoms with van der Waals surface area (Å²) in [4.78, 5) is 10.7. The van der Waals surface area contributed by atoms with E-state index in [9.17, 15) is 9.90 Å². The smallest absolute Gasteiger partial charge is 0.336 e. The third-order valence-corrected chi connectivity index (χ3v) is 3.11. The van der Waals surface area contributed by atoms with E-state index in [0.717, 1.165) is 10.0 Å². The van der Waals surface area contributed by atoms with Crippen molar-refractivity contribution in [1.82, 2.24) is 5.32 Å². The zero-order chi connectivity index (χ0) is 13.1. The molecule has 1 rings (SSSR count). The van der Waals surface area contributed by atoms with E-state index in [1.54, 1.807) is 0 Å². The van der Waals surface area contributed by atoms with Gasteiger partial charge in [0.1, 0.15) is 0 Å². The van der Waals surface area contributed by atoms with Gasteiger partial charge in [0.2, 0.25) is 0 Å². The molecule has 1 aromatic rings. The number of hydrogen-bond acceptors (Lipinski definition) is 3. The van der Waals surface area contributed by atoms with E-state index >= 15 is 0 Å². The SMILES string of the molecule is CC(NCC(C)(O)C(=O)O)c1ccc(Br)cc1. The van der Waals surface area contributed by atoms with Gasteiger partial charge in [0.05, 0.1) is 0 Å². The monoisotopic (exact) mass is 301 g/mol. The second-order valence-corrected chi connectivity index (χ2v) is 5.15. The largest absolute Gasteiger partial charge is 0.479 e. The van der Waals surface area contributed by atoms with Crippen LogP contribution < -0.4 is 5.32 Å². The zero-order valence-electron chi connectivity index (χ0n) is 9.77. The number of carboxylic acids is 1. The summed E-state index contributed by atoms with van der Waals surface area (Å²) >= 11 is 3.35. The fourth-order valence-electron chi connectivity index (χ4n) is 1.30. The molecule has 4 nitrogen and oxygen atoms in total. The molecular formula is C12H16BrNO3. The normalized spacial score (nSPS) is 16.2. The second-order valence-electron chi connectivity index (χ2n) is 4.23. The number of aliphatic hydroxyl groups is 1. The van der Waals surface area contributed by atoms with Crippen LogP contribution >= 0.6 is 15.9 Å². The summed E-state index contributed by atoms with van der Waals surface area (Å²) in [5.74, 6) is -1.23. The second kappa shape index (κ2) is 5.62. The van der Waals surface area contributed by atoms with Crippen LogP contribution in [0.5, 0.6) is 0 Å². The summed E-state index contributed by atoms with van der Waals surface area (Å²) in [5, 5.41) is 21.3. The van der Waals surface area contributed by atoms with E-state index in [1.807, 2.05) is 31.2 Å². The molecule has 0 aliphatic heterocycles. The van der Waals surface area contributed by atoms with Crippen LogP contribution in [0.15, 0.2) is 28.7 Å². The van der Waals surface area contributed by atoms with Crippen molar-refractivity contribution in [2.24, 2.45) is 0 Å². The molecule has 1 aromatic carbocycles. The first-order chi connectivity index (χ1) is 7.83. The molecular weight excluding hydrogens is 286 g/mol. The number of halogens is 1. The minimum absolute atomic E-state index is 0.000433. The van der Waals surface area contributed by atoms with Crippen LogP contribution in [0, 0.1) is 0 Å². The van der Waals surface area contributed by atoms with Gasteiger partial charge in [-0.3, -0.25) is 0 Å². The van der Waals surface area contributed by atoms with Crippen molar-refractivity contribution in [2.75, 3.05) is 6.54 Å². The summed E-state index contributed by atoms with van der Waals surface area (Å²) in [6.07, 6.45) is 0. The number of carboxylic acid groups (broad SMARTS) is 1. The maximum absolute atomic E-state index is 10.7. The van der Waals surface area contributed by atoms with Gasteiger partial charge < -0.3 is 15.5 Å².